The van der Waals surface area contributed by atoms with Crippen LogP contribution in [-0.4, -0.2) is 103 Å². The monoisotopic (exact) mass is 471 g/mol. The van der Waals surface area contributed by atoms with Crippen LogP contribution in [0.2, 0.25) is 0 Å². The lowest BCUT2D eigenvalue weighted by molar-refractivity contribution is -0.136. The molecular formula is C24H33N5O5. The van der Waals surface area contributed by atoms with Gasteiger partial charge in [0, 0.05) is 38.8 Å². The van der Waals surface area contributed by atoms with Crippen molar-refractivity contribution < 1.29 is 23.9 Å². The fourth-order valence-electron chi connectivity index (χ4n) is 5.14. The molecule has 3 aliphatic rings. The number of hydrogen-bond donors (Lipinski definition) is 1. The van der Waals surface area contributed by atoms with Crippen LogP contribution in [0.25, 0.3) is 0 Å². The number of hydrogen-bond acceptors (Lipinski definition) is 6. The Morgan fingerprint density at radius 2 is 1.71 bits per heavy atom. The number of nitrogens with one attached hydrogen (secondary N) is 1. The van der Waals surface area contributed by atoms with E-state index in [0.717, 1.165) is 37.3 Å². The first-order valence-electron chi connectivity index (χ1n) is 11.8. The Morgan fingerprint density at radius 1 is 1.03 bits per heavy atom. The summed E-state index contributed by atoms with van der Waals surface area (Å²) >= 11 is 0. The molecule has 1 aliphatic carbocycles. The molecule has 0 radical (unpaired) electrons. The number of carbonyl (C=O) groups is 4. The molecular weight excluding hydrogens is 438 g/mol. The van der Waals surface area contributed by atoms with Crippen molar-refractivity contribution in [3.8, 4) is 5.75 Å². The number of imide groups is 1. The Labute approximate surface area is 199 Å². The predicted octanol–water partition coefficient (Wildman–Crippen LogP) is 1.62. The van der Waals surface area contributed by atoms with Crippen LogP contribution >= 0.6 is 0 Å². The number of rotatable bonds is 5. The Hall–Kier alpha value is -3.14. The largest absolute Gasteiger partial charge is 0.495 e. The molecule has 1 saturated carbocycles. The first-order chi connectivity index (χ1) is 16.3. The molecule has 10 nitrogen and oxygen atoms in total. The number of piperazine rings is 1. The molecule has 10 heteroatoms. The standard InChI is InChI=1S/C24H33N5O5/c1-26-11-13-28(14-12-26)21(31)17-7-8-19(34-3)18(15-17)25-20(30)16-29-22(32)24(27(2)23(29)33)9-5-4-6-10-24/h7-8,15H,4-6,9-14,16H2,1-3H3,(H,25,30). The van der Waals surface area contributed by atoms with Gasteiger partial charge in [-0.2, -0.15) is 0 Å². The van der Waals surface area contributed by atoms with E-state index in [2.05, 4.69) is 10.2 Å². The maximum Gasteiger partial charge on any atom is 0.327 e. The SMILES string of the molecule is COc1ccc(C(=O)N2CCN(C)CC2)cc1NC(=O)CN1C(=O)N(C)C2(CCCCC2)C1=O. The van der Waals surface area contributed by atoms with Crippen molar-refractivity contribution in [2.75, 3.05) is 59.2 Å². The Balaban J connectivity index is 1.47. The second-order valence-electron chi connectivity index (χ2n) is 9.38. The molecule has 1 N–H and O–H groups in total. The molecule has 3 fully saturated rings. The van der Waals surface area contributed by atoms with Gasteiger partial charge in [0.2, 0.25) is 5.91 Å². The van der Waals surface area contributed by atoms with Gasteiger partial charge in [0.1, 0.15) is 17.8 Å². The van der Waals surface area contributed by atoms with Crippen molar-refractivity contribution in [2.45, 2.75) is 37.6 Å². The number of nitrogens with zero attached hydrogens (tertiary/aromatic N) is 4. The zero-order chi connectivity index (χ0) is 24.5. The fraction of sp³-hybridized carbons (Fsp3) is 0.583. The lowest BCUT2D eigenvalue weighted by Gasteiger charge is -2.35. The highest BCUT2D eigenvalue weighted by atomic mass is 16.5. The number of urea groups is 1. The first-order valence-corrected chi connectivity index (χ1v) is 11.8. The fourth-order valence-corrected chi connectivity index (χ4v) is 5.14. The average Bonchev–Trinajstić information content (AvgIpc) is 3.01. The molecule has 2 saturated heterocycles. The molecule has 2 heterocycles. The van der Waals surface area contributed by atoms with Crippen molar-refractivity contribution in [3.05, 3.63) is 23.8 Å². The minimum Gasteiger partial charge on any atom is -0.495 e. The molecule has 1 spiro atoms. The van der Waals surface area contributed by atoms with E-state index in [1.807, 2.05) is 7.05 Å². The van der Waals surface area contributed by atoms with Gasteiger partial charge in [-0.1, -0.05) is 19.3 Å². The third-order valence-corrected chi connectivity index (χ3v) is 7.30. The van der Waals surface area contributed by atoms with Crippen molar-refractivity contribution in [3.63, 3.8) is 0 Å². The maximum absolute atomic E-state index is 13.2. The van der Waals surface area contributed by atoms with E-state index in [1.54, 1.807) is 30.1 Å². The van der Waals surface area contributed by atoms with Crippen molar-refractivity contribution in [1.29, 1.82) is 0 Å². The van der Waals surface area contributed by atoms with Gasteiger partial charge in [0.15, 0.2) is 0 Å². The molecule has 2 aliphatic heterocycles. The van der Waals surface area contributed by atoms with E-state index < -0.39 is 17.5 Å². The van der Waals surface area contributed by atoms with Gasteiger partial charge in [-0.05, 0) is 38.1 Å². The number of likely N-dealkylation sites (N-methyl/N-ethyl adjacent to an activating group) is 2. The number of ether oxygens (including phenoxy) is 1. The van der Waals surface area contributed by atoms with E-state index in [-0.39, 0.29) is 18.4 Å². The molecule has 184 valence electrons. The average molecular weight is 472 g/mol. The minimum absolute atomic E-state index is 0.114. The number of amides is 5. The summed E-state index contributed by atoms with van der Waals surface area (Å²) in [6, 6.07) is 4.44. The molecule has 1 aromatic carbocycles. The Bertz CT molecular complexity index is 982. The van der Waals surface area contributed by atoms with Crippen LogP contribution < -0.4 is 10.1 Å². The van der Waals surface area contributed by atoms with Gasteiger partial charge in [0.05, 0.1) is 12.8 Å². The van der Waals surface area contributed by atoms with Crippen LogP contribution in [0.15, 0.2) is 18.2 Å². The summed E-state index contributed by atoms with van der Waals surface area (Å²) in [7, 11) is 5.13. The van der Waals surface area contributed by atoms with E-state index in [1.165, 1.54) is 12.0 Å². The Morgan fingerprint density at radius 3 is 2.35 bits per heavy atom. The van der Waals surface area contributed by atoms with Crippen LogP contribution in [-0.2, 0) is 9.59 Å². The lowest BCUT2D eigenvalue weighted by Crippen LogP contribution is -2.49. The molecule has 0 bridgehead atoms. The van der Waals surface area contributed by atoms with Gasteiger partial charge in [-0.15, -0.1) is 0 Å². The van der Waals surface area contributed by atoms with Gasteiger partial charge in [-0.25, -0.2) is 4.79 Å². The molecule has 0 atom stereocenters. The van der Waals surface area contributed by atoms with Crippen molar-refractivity contribution in [1.82, 2.24) is 19.6 Å². The lowest BCUT2D eigenvalue weighted by atomic mass is 9.81. The molecule has 34 heavy (non-hydrogen) atoms. The van der Waals surface area contributed by atoms with Crippen LogP contribution in [0.4, 0.5) is 10.5 Å². The van der Waals surface area contributed by atoms with Gasteiger partial charge >= 0.3 is 6.03 Å². The normalized spacial score (nSPS) is 20.7. The quantitative estimate of drug-likeness (QED) is 0.655. The van der Waals surface area contributed by atoms with Crippen LogP contribution in [0.3, 0.4) is 0 Å². The molecule has 0 aromatic heterocycles. The zero-order valence-corrected chi connectivity index (χ0v) is 20.1. The van der Waals surface area contributed by atoms with E-state index in [9.17, 15) is 19.2 Å². The summed E-state index contributed by atoms with van der Waals surface area (Å²) in [5, 5.41) is 2.73. The van der Waals surface area contributed by atoms with Gasteiger partial charge < -0.3 is 24.8 Å². The molecule has 5 amide bonds. The summed E-state index contributed by atoms with van der Waals surface area (Å²) in [6.07, 6.45) is 4.05. The third kappa shape index (κ3) is 4.34. The maximum atomic E-state index is 13.2. The van der Waals surface area contributed by atoms with Crippen LogP contribution in [0.5, 0.6) is 5.75 Å². The number of anilines is 1. The topological polar surface area (TPSA) is 102 Å². The van der Waals surface area contributed by atoms with E-state index >= 15 is 0 Å². The minimum atomic E-state index is -0.831. The van der Waals surface area contributed by atoms with E-state index in [4.69, 9.17) is 4.74 Å². The van der Waals surface area contributed by atoms with Gasteiger partial charge in [-0.3, -0.25) is 19.3 Å². The third-order valence-electron chi connectivity index (χ3n) is 7.30. The van der Waals surface area contributed by atoms with Crippen molar-refractivity contribution >= 4 is 29.4 Å². The summed E-state index contributed by atoms with van der Waals surface area (Å²) in [4.78, 5) is 58.3. The molecule has 1 aromatic rings. The second kappa shape index (κ2) is 9.61. The summed E-state index contributed by atoms with van der Waals surface area (Å²) in [5.74, 6) is -0.550. The predicted molar refractivity (Wildman–Crippen MR) is 126 cm³/mol. The number of methoxy groups -OCH3 is 1. The highest BCUT2D eigenvalue weighted by Crippen LogP contribution is 2.39. The van der Waals surface area contributed by atoms with Crippen LogP contribution in [0, 0.1) is 0 Å². The van der Waals surface area contributed by atoms with Gasteiger partial charge in [0.25, 0.3) is 11.8 Å². The number of benzene rings is 1. The molecule has 0 unspecified atom stereocenters. The van der Waals surface area contributed by atoms with Crippen molar-refractivity contribution in [2.24, 2.45) is 0 Å². The smallest absolute Gasteiger partial charge is 0.327 e. The van der Waals surface area contributed by atoms with Crippen LogP contribution in [0.1, 0.15) is 42.5 Å². The highest BCUT2D eigenvalue weighted by Gasteiger charge is 2.55. The first kappa shape index (κ1) is 24.0. The zero-order valence-electron chi connectivity index (χ0n) is 20.1. The summed E-state index contributed by atoms with van der Waals surface area (Å²) in [5.41, 5.74) is -0.0653. The highest BCUT2D eigenvalue weighted by molar-refractivity contribution is 6.10. The molecule has 4 rings (SSSR count). The Kier molecular flexibility index (Phi) is 6.79. The summed E-state index contributed by atoms with van der Waals surface area (Å²) < 4.78 is 5.36. The second-order valence-corrected chi connectivity index (χ2v) is 9.38. The number of carbonyl (C=O) groups excluding carboxylic acids is 4. The van der Waals surface area contributed by atoms with E-state index in [0.29, 0.717) is 42.9 Å². The summed E-state index contributed by atoms with van der Waals surface area (Å²) in [6.45, 7) is 2.50.